The predicted octanol–water partition coefficient (Wildman–Crippen LogP) is 1.79. The van der Waals surface area contributed by atoms with E-state index in [-0.39, 0.29) is 17.4 Å². The maximum Gasteiger partial charge on any atom is 0.315 e. The fourth-order valence-electron chi connectivity index (χ4n) is 2.29. The van der Waals surface area contributed by atoms with E-state index in [0.717, 1.165) is 6.42 Å². The molecule has 1 aliphatic heterocycles. The Labute approximate surface area is 105 Å². The highest BCUT2D eigenvalue weighted by atomic mass is 16.6. The molecular formula is C12H17N3O3. The second-order valence-electron chi connectivity index (χ2n) is 4.30. The van der Waals surface area contributed by atoms with Crippen molar-refractivity contribution in [2.75, 3.05) is 30.4 Å². The second-order valence-corrected chi connectivity index (χ2v) is 4.30. The molecule has 6 nitrogen and oxygen atoms in total. The van der Waals surface area contributed by atoms with Crippen LogP contribution in [0.2, 0.25) is 0 Å². The van der Waals surface area contributed by atoms with Gasteiger partial charge in [0.1, 0.15) is 11.4 Å². The van der Waals surface area contributed by atoms with Gasteiger partial charge in [0, 0.05) is 6.54 Å². The molecule has 1 atom stereocenters. The number of nitrogen functional groups attached to an aromatic ring is 1. The van der Waals surface area contributed by atoms with Crippen LogP contribution in [0.4, 0.5) is 17.1 Å². The zero-order valence-electron chi connectivity index (χ0n) is 10.3. The van der Waals surface area contributed by atoms with E-state index in [0.29, 0.717) is 25.4 Å². The van der Waals surface area contributed by atoms with Crippen molar-refractivity contribution in [1.82, 2.24) is 0 Å². The van der Waals surface area contributed by atoms with Gasteiger partial charge in [-0.25, -0.2) is 0 Å². The molecule has 0 aliphatic carbocycles. The fourth-order valence-corrected chi connectivity index (χ4v) is 2.29. The summed E-state index contributed by atoms with van der Waals surface area (Å²) in [6.07, 6.45) is 0.881. The number of nitro groups is 1. The number of anilines is 2. The zero-order chi connectivity index (χ0) is 13.1. The molecule has 18 heavy (non-hydrogen) atoms. The number of benzene rings is 1. The van der Waals surface area contributed by atoms with Crippen LogP contribution in [0.5, 0.6) is 0 Å². The molecule has 0 bridgehead atoms. The van der Waals surface area contributed by atoms with Gasteiger partial charge >= 0.3 is 5.69 Å². The summed E-state index contributed by atoms with van der Waals surface area (Å²) < 4.78 is 5.41. The van der Waals surface area contributed by atoms with Crippen LogP contribution in [0.3, 0.4) is 0 Å². The molecule has 1 heterocycles. The number of ether oxygens (including phenoxy) is 1. The minimum Gasteiger partial charge on any atom is -0.393 e. The lowest BCUT2D eigenvalue weighted by atomic mass is 10.1. The molecule has 2 N–H and O–H groups in total. The first-order valence-electron chi connectivity index (χ1n) is 6.02. The SMILES string of the molecule is CCC1COCCN1c1cccc(N)c1[N+](=O)[O-]. The third-order valence-corrected chi connectivity index (χ3v) is 3.24. The summed E-state index contributed by atoms with van der Waals surface area (Å²) in [5.41, 5.74) is 6.51. The van der Waals surface area contributed by atoms with Crippen molar-refractivity contribution in [3.63, 3.8) is 0 Å². The van der Waals surface area contributed by atoms with E-state index >= 15 is 0 Å². The molecule has 1 saturated heterocycles. The Morgan fingerprint density at radius 1 is 1.61 bits per heavy atom. The van der Waals surface area contributed by atoms with Crippen molar-refractivity contribution in [1.29, 1.82) is 0 Å². The quantitative estimate of drug-likeness (QED) is 0.503. The standard InChI is InChI=1S/C12H17N3O3/c1-2-9-8-18-7-6-14(9)11-5-3-4-10(13)12(11)15(16)17/h3-5,9H,2,6-8,13H2,1H3. The minimum absolute atomic E-state index is 0.00199. The lowest BCUT2D eigenvalue weighted by Gasteiger charge is -2.36. The van der Waals surface area contributed by atoms with E-state index < -0.39 is 4.92 Å². The van der Waals surface area contributed by atoms with Crippen molar-refractivity contribution in [2.24, 2.45) is 0 Å². The normalized spacial score (nSPS) is 19.8. The van der Waals surface area contributed by atoms with Crippen molar-refractivity contribution >= 4 is 17.1 Å². The molecule has 1 fully saturated rings. The van der Waals surface area contributed by atoms with Gasteiger partial charge in [0.2, 0.25) is 0 Å². The highest BCUT2D eigenvalue weighted by Crippen LogP contribution is 2.35. The fraction of sp³-hybridized carbons (Fsp3) is 0.500. The molecule has 98 valence electrons. The largest absolute Gasteiger partial charge is 0.393 e. The number of nitrogens with zero attached hydrogens (tertiary/aromatic N) is 2. The lowest BCUT2D eigenvalue weighted by molar-refractivity contribution is -0.383. The molecule has 0 amide bonds. The highest BCUT2D eigenvalue weighted by Gasteiger charge is 2.28. The molecule has 1 aromatic carbocycles. The molecule has 0 radical (unpaired) electrons. The molecule has 1 aliphatic rings. The molecule has 6 heteroatoms. The highest BCUT2D eigenvalue weighted by molar-refractivity contribution is 5.75. The molecule has 1 unspecified atom stereocenters. The number of hydrogen-bond acceptors (Lipinski definition) is 5. The summed E-state index contributed by atoms with van der Waals surface area (Å²) in [4.78, 5) is 12.8. The van der Waals surface area contributed by atoms with Crippen molar-refractivity contribution in [3.05, 3.63) is 28.3 Å². The Hall–Kier alpha value is -1.82. The van der Waals surface area contributed by atoms with Gasteiger partial charge in [-0.3, -0.25) is 10.1 Å². The number of rotatable bonds is 3. The third-order valence-electron chi connectivity index (χ3n) is 3.24. The van der Waals surface area contributed by atoms with Gasteiger partial charge in [-0.05, 0) is 18.6 Å². The van der Waals surface area contributed by atoms with Gasteiger partial charge < -0.3 is 15.4 Å². The van der Waals surface area contributed by atoms with Crippen LogP contribution in [-0.2, 0) is 4.74 Å². The number of nitrogens with two attached hydrogens (primary N) is 1. The van der Waals surface area contributed by atoms with Crippen LogP contribution in [0, 0.1) is 10.1 Å². The van der Waals surface area contributed by atoms with Crippen LogP contribution < -0.4 is 10.6 Å². The maximum atomic E-state index is 11.1. The topological polar surface area (TPSA) is 81.6 Å². The van der Waals surface area contributed by atoms with Crippen LogP contribution in [0.15, 0.2) is 18.2 Å². The number of morpholine rings is 1. The average Bonchev–Trinajstić information content (AvgIpc) is 2.38. The molecule has 1 aromatic rings. The summed E-state index contributed by atoms with van der Waals surface area (Å²) in [7, 11) is 0. The van der Waals surface area contributed by atoms with E-state index in [1.807, 2.05) is 11.8 Å². The summed E-state index contributed by atoms with van der Waals surface area (Å²) in [6.45, 7) is 3.89. The third kappa shape index (κ3) is 2.24. The Kier molecular flexibility index (Phi) is 3.66. The number of hydrogen-bond donors (Lipinski definition) is 1. The predicted molar refractivity (Wildman–Crippen MR) is 69.8 cm³/mol. The second kappa shape index (κ2) is 5.22. The first kappa shape index (κ1) is 12.6. The van der Waals surface area contributed by atoms with Crippen molar-refractivity contribution in [3.8, 4) is 0 Å². The van der Waals surface area contributed by atoms with E-state index in [9.17, 15) is 10.1 Å². The minimum atomic E-state index is -0.410. The first-order chi connectivity index (χ1) is 8.65. The molecule has 0 spiro atoms. The average molecular weight is 251 g/mol. The number of nitro benzene ring substituents is 1. The Balaban J connectivity index is 2.42. The van der Waals surface area contributed by atoms with E-state index in [2.05, 4.69) is 0 Å². The van der Waals surface area contributed by atoms with E-state index in [1.54, 1.807) is 18.2 Å². The van der Waals surface area contributed by atoms with Gasteiger partial charge in [0.25, 0.3) is 0 Å². The van der Waals surface area contributed by atoms with Gasteiger partial charge in [-0.1, -0.05) is 13.0 Å². The summed E-state index contributed by atoms with van der Waals surface area (Å²) in [5, 5.41) is 11.1. The molecule has 0 aromatic heterocycles. The summed E-state index contributed by atoms with van der Waals surface area (Å²) in [6, 6.07) is 5.23. The van der Waals surface area contributed by atoms with Crippen LogP contribution in [0.25, 0.3) is 0 Å². The first-order valence-corrected chi connectivity index (χ1v) is 6.02. The maximum absolute atomic E-state index is 11.1. The van der Waals surface area contributed by atoms with Crippen LogP contribution in [0.1, 0.15) is 13.3 Å². The summed E-state index contributed by atoms with van der Waals surface area (Å²) >= 11 is 0. The van der Waals surface area contributed by atoms with Gasteiger partial charge in [0.05, 0.1) is 24.2 Å². The van der Waals surface area contributed by atoms with Gasteiger partial charge in [-0.15, -0.1) is 0 Å². The summed E-state index contributed by atoms with van der Waals surface area (Å²) in [5.74, 6) is 0. The van der Waals surface area contributed by atoms with E-state index in [4.69, 9.17) is 10.5 Å². The molecule has 0 saturated carbocycles. The molecule has 2 rings (SSSR count). The monoisotopic (exact) mass is 251 g/mol. The number of para-hydroxylation sites is 1. The Bertz CT molecular complexity index is 450. The smallest absolute Gasteiger partial charge is 0.315 e. The van der Waals surface area contributed by atoms with Gasteiger partial charge in [-0.2, -0.15) is 0 Å². The van der Waals surface area contributed by atoms with Gasteiger partial charge in [0.15, 0.2) is 0 Å². The Morgan fingerprint density at radius 3 is 3.06 bits per heavy atom. The Morgan fingerprint density at radius 2 is 2.39 bits per heavy atom. The van der Waals surface area contributed by atoms with Crippen molar-refractivity contribution < 1.29 is 9.66 Å². The van der Waals surface area contributed by atoms with Crippen molar-refractivity contribution in [2.45, 2.75) is 19.4 Å². The zero-order valence-corrected chi connectivity index (χ0v) is 10.3. The van der Waals surface area contributed by atoms with Crippen LogP contribution in [-0.4, -0.2) is 30.7 Å². The lowest BCUT2D eigenvalue weighted by Crippen LogP contribution is -2.45. The van der Waals surface area contributed by atoms with Crippen LogP contribution >= 0.6 is 0 Å². The van der Waals surface area contributed by atoms with E-state index in [1.165, 1.54) is 0 Å². The molecular weight excluding hydrogens is 234 g/mol.